The lowest BCUT2D eigenvalue weighted by molar-refractivity contribution is -0.153. The van der Waals surface area contributed by atoms with Crippen molar-refractivity contribution < 1.29 is 15.0 Å². The summed E-state index contributed by atoms with van der Waals surface area (Å²) < 4.78 is 0. The molecule has 0 fully saturated rings. The first-order valence-electron chi connectivity index (χ1n) is 4.42. The Morgan fingerprint density at radius 1 is 1.54 bits per heavy atom. The number of hydrogen-bond donors (Lipinski definition) is 2. The van der Waals surface area contributed by atoms with Crippen LogP contribution in [0.2, 0.25) is 0 Å². The van der Waals surface area contributed by atoms with Gasteiger partial charge in [0.2, 0.25) is 0 Å². The average Bonchev–Trinajstić information content (AvgIpc) is 2.04. The molecular formula is C9H18O3S. The SMILES string of the molecule is CCSCCC(O)C(C)(C)C(=O)O. The monoisotopic (exact) mass is 206 g/mol. The second kappa shape index (κ2) is 5.50. The Morgan fingerprint density at radius 3 is 2.46 bits per heavy atom. The quantitative estimate of drug-likeness (QED) is 0.648. The molecule has 3 nitrogen and oxygen atoms in total. The standard InChI is InChI=1S/C9H18O3S/c1-4-13-6-5-7(10)9(2,3)8(11)12/h7,10H,4-6H2,1-3H3,(H,11,12). The van der Waals surface area contributed by atoms with Crippen molar-refractivity contribution >= 4 is 17.7 Å². The van der Waals surface area contributed by atoms with E-state index < -0.39 is 17.5 Å². The molecule has 0 spiro atoms. The molecule has 0 aliphatic heterocycles. The number of carboxylic acid groups (broad SMARTS) is 1. The fourth-order valence-corrected chi connectivity index (χ4v) is 1.52. The highest BCUT2D eigenvalue weighted by Gasteiger charge is 2.35. The molecule has 0 aromatic carbocycles. The third kappa shape index (κ3) is 4.00. The van der Waals surface area contributed by atoms with Gasteiger partial charge in [-0.25, -0.2) is 0 Å². The number of thioether (sulfide) groups is 1. The maximum absolute atomic E-state index is 10.7. The minimum absolute atomic E-state index is 0.539. The van der Waals surface area contributed by atoms with Gasteiger partial charge in [-0.3, -0.25) is 4.79 Å². The van der Waals surface area contributed by atoms with Gasteiger partial charge < -0.3 is 10.2 Å². The normalized spacial score (nSPS) is 14.2. The maximum Gasteiger partial charge on any atom is 0.311 e. The zero-order chi connectivity index (χ0) is 10.5. The summed E-state index contributed by atoms with van der Waals surface area (Å²) in [5, 5.41) is 18.4. The van der Waals surface area contributed by atoms with E-state index in [0.717, 1.165) is 11.5 Å². The summed E-state index contributed by atoms with van der Waals surface area (Å²) in [7, 11) is 0. The molecule has 0 saturated carbocycles. The molecule has 2 N–H and O–H groups in total. The zero-order valence-electron chi connectivity index (χ0n) is 8.41. The number of hydrogen-bond acceptors (Lipinski definition) is 3. The van der Waals surface area contributed by atoms with Gasteiger partial charge in [0.1, 0.15) is 0 Å². The predicted octanol–water partition coefficient (Wildman–Crippen LogP) is 1.60. The van der Waals surface area contributed by atoms with E-state index in [2.05, 4.69) is 0 Å². The van der Waals surface area contributed by atoms with Crippen molar-refractivity contribution in [1.82, 2.24) is 0 Å². The number of aliphatic hydroxyl groups is 1. The first-order valence-corrected chi connectivity index (χ1v) is 5.57. The van der Waals surface area contributed by atoms with E-state index in [1.807, 2.05) is 6.92 Å². The van der Waals surface area contributed by atoms with Crippen LogP contribution in [0.1, 0.15) is 27.2 Å². The summed E-state index contributed by atoms with van der Waals surface area (Å²) in [6.07, 6.45) is -0.221. The van der Waals surface area contributed by atoms with Crippen molar-refractivity contribution in [3.8, 4) is 0 Å². The van der Waals surface area contributed by atoms with Crippen LogP contribution in [0.5, 0.6) is 0 Å². The van der Waals surface area contributed by atoms with Crippen LogP contribution < -0.4 is 0 Å². The number of carboxylic acids is 1. The third-order valence-corrected chi connectivity index (χ3v) is 3.06. The molecule has 13 heavy (non-hydrogen) atoms. The topological polar surface area (TPSA) is 57.5 Å². The second-order valence-corrected chi connectivity index (χ2v) is 4.92. The number of aliphatic carboxylic acids is 1. The van der Waals surface area contributed by atoms with Crippen molar-refractivity contribution in [2.24, 2.45) is 5.41 Å². The largest absolute Gasteiger partial charge is 0.481 e. The Labute approximate surface area is 83.5 Å². The Morgan fingerprint density at radius 2 is 2.08 bits per heavy atom. The van der Waals surface area contributed by atoms with Crippen LogP contribution in [0.3, 0.4) is 0 Å². The molecule has 0 aromatic rings. The van der Waals surface area contributed by atoms with Gasteiger partial charge in [-0.05, 0) is 31.8 Å². The van der Waals surface area contributed by atoms with E-state index in [1.54, 1.807) is 25.6 Å². The first-order chi connectivity index (χ1) is 5.92. The Hall–Kier alpha value is -0.220. The molecule has 0 radical (unpaired) electrons. The van der Waals surface area contributed by atoms with E-state index in [9.17, 15) is 9.90 Å². The van der Waals surface area contributed by atoms with Gasteiger partial charge in [-0.2, -0.15) is 11.8 Å². The molecule has 0 aliphatic rings. The molecule has 0 amide bonds. The van der Waals surface area contributed by atoms with Gasteiger partial charge in [0.05, 0.1) is 11.5 Å². The molecule has 0 saturated heterocycles. The number of rotatable bonds is 6. The van der Waals surface area contributed by atoms with Crippen LogP contribution >= 0.6 is 11.8 Å². The third-order valence-electron chi connectivity index (χ3n) is 2.12. The van der Waals surface area contributed by atoms with Crippen LogP contribution in [0.25, 0.3) is 0 Å². The number of carbonyl (C=O) groups is 1. The lowest BCUT2D eigenvalue weighted by atomic mass is 9.85. The van der Waals surface area contributed by atoms with Crippen molar-refractivity contribution in [1.29, 1.82) is 0 Å². The average molecular weight is 206 g/mol. The van der Waals surface area contributed by atoms with Crippen LogP contribution in [-0.2, 0) is 4.79 Å². The van der Waals surface area contributed by atoms with E-state index in [0.29, 0.717) is 6.42 Å². The van der Waals surface area contributed by atoms with E-state index in [1.165, 1.54) is 0 Å². The lowest BCUT2D eigenvalue weighted by Gasteiger charge is -2.25. The van der Waals surface area contributed by atoms with E-state index >= 15 is 0 Å². The molecule has 0 rings (SSSR count). The first kappa shape index (κ1) is 12.8. The summed E-state index contributed by atoms with van der Waals surface area (Å²) in [6, 6.07) is 0. The van der Waals surface area contributed by atoms with Crippen molar-refractivity contribution in [3.05, 3.63) is 0 Å². The minimum Gasteiger partial charge on any atom is -0.481 e. The number of aliphatic hydroxyl groups excluding tert-OH is 1. The summed E-state index contributed by atoms with van der Waals surface area (Å²) in [6.45, 7) is 5.15. The van der Waals surface area contributed by atoms with E-state index in [4.69, 9.17) is 5.11 Å². The molecule has 0 bridgehead atoms. The highest BCUT2D eigenvalue weighted by molar-refractivity contribution is 7.99. The molecule has 4 heteroatoms. The predicted molar refractivity (Wildman–Crippen MR) is 55.0 cm³/mol. The van der Waals surface area contributed by atoms with Crippen LogP contribution in [0.15, 0.2) is 0 Å². The van der Waals surface area contributed by atoms with Gasteiger partial charge in [0.15, 0.2) is 0 Å². The van der Waals surface area contributed by atoms with E-state index in [-0.39, 0.29) is 0 Å². The molecule has 1 unspecified atom stereocenters. The summed E-state index contributed by atoms with van der Waals surface area (Å²) in [5.41, 5.74) is -1.03. The lowest BCUT2D eigenvalue weighted by Crippen LogP contribution is -2.37. The molecule has 78 valence electrons. The molecular weight excluding hydrogens is 188 g/mol. The van der Waals surface area contributed by atoms with Crippen molar-refractivity contribution in [2.75, 3.05) is 11.5 Å². The van der Waals surface area contributed by atoms with Crippen LogP contribution in [0, 0.1) is 5.41 Å². The van der Waals surface area contributed by atoms with Gasteiger partial charge in [-0.15, -0.1) is 0 Å². The Balaban J connectivity index is 3.94. The second-order valence-electron chi connectivity index (χ2n) is 3.53. The Kier molecular flexibility index (Phi) is 5.40. The fourth-order valence-electron chi connectivity index (χ4n) is 0.843. The molecule has 1 atom stereocenters. The van der Waals surface area contributed by atoms with Gasteiger partial charge in [0.25, 0.3) is 0 Å². The Bertz CT molecular complexity index is 168. The van der Waals surface area contributed by atoms with Crippen molar-refractivity contribution in [2.45, 2.75) is 33.3 Å². The molecule has 0 aliphatic carbocycles. The zero-order valence-corrected chi connectivity index (χ0v) is 9.23. The molecule has 0 heterocycles. The summed E-state index contributed by atoms with van der Waals surface area (Å²) in [5.74, 6) is 0.871. The summed E-state index contributed by atoms with van der Waals surface area (Å²) >= 11 is 1.71. The van der Waals surface area contributed by atoms with Crippen LogP contribution in [0.4, 0.5) is 0 Å². The van der Waals surface area contributed by atoms with Crippen molar-refractivity contribution in [3.63, 3.8) is 0 Å². The van der Waals surface area contributed by atoms with Gasteiger partial charge >= 0.3 is 5.97 Å². The minimum atomic E-state index is -1.03. The summed E-state index contributed by atoms with van der Waals surface area (Å²) in [4.78, 5) is 10.7. The fraction of sp³-hybridized carbons (Fsp3) is 0.889. The van der Waals surface area contributed by atoms with Gasteiger partial charge in [0, 0.05) is 0 Å². The smallest absolute Gasteiger partial charge is 0.311 e. The molecule has 0 aromatic heterocycles. The maximum atomic E-state index is 10.7. The van der Waals surface area contributed by atoms with Gasteiger partial charge in [-0.1, -0.05) is 6.92 Å². The highest BCUT2D eigenvalue weighted by atomic mass is 32.2. The van der Waals surface area contributed by atoms with Crippen LogP contribution in [-0.4, -0.2) is 33.8 Å². The highest BCUT2D eigenvalue weighted by Crippen LogP contribution is 2.24.